The predicted octanol–water partition coefficient (Wildman–Crippen LogP) is 0.786. The SMILES string of the molecule is Cn1cnc(C(N)CCc2nccn2C)c1. The molecule has 1 atom stereocenters. The molecule has 86 valence electrons. The lowest BCUT2D eigenvalue weighted by Crippen LogP contribution is -2.13. The van der Waals surface area contributed by atoms with Crippen molar-refractivity contribution in [3.8, 4) is 0 Å². The van der Waals surface area contributed by atoms with Gasteiger partial charge in [-0.2, -0.15) is 0 Å². The van der Waals surface area contributed by atoms with E-state index in [2.05, 4.69) is 9.97 Å². The molecule has 0 amide bonds. The lowest BCUT2D eigenvalue weighted by molar-refractivity contribution is 0.609. The second kappa shape index (κ2) is 4.49. The van der Waals surface area contributed by atoms with E-state index in [1.54, 1.807) is 6.33 Å². The highest BCUT2D eigenvalue weighted by atomic mass is 15.0. The molecule has 0 aliphatic rings. The molecule has 5 heteroatoms. The summed E-state index contributed by atoms with van der Waals surface area (Å²) in [6, 6.07) is -0.0158. The van der Waals surface area contributed by atoms with Crippen molar-refractivity contribution < 1.29 is 0 Å². The summed E-state index contributed by atoms with van der Waals surface area (Å²) in [5.74, 6) is 1.06. The summed E-state index contributed by atoms with van der Waals surface area (Å²) < 4.78 is 3.93. The van der Waals surface area contributed by atoms with Crippen LogP contribution in [0.2, 0.25) is 0 Å². The Balaban J connectivity index is 1.93. The highest BCUT2D eigenvalue weighted by Crippen LogP contribution is 2.13. The molecule has 0 bridgehead atoms. The van der Waals surface area contributed by atoms with Gasteiger partial charge in [0.15, 0.2) is 0 Å². The third-order valence-corrected chi connectivity index (χ3v) is 2.70. The summed E-state index contributed by atoms with van der Waals surface area (Å²) in [6.45, 7) is 0. The molecule has 0 aliphatic heterocycles. The number of aryl methyl sites for hydroxylation is 3. The third kappa shape index (κ3) is 2.30. The number of aromatic nitrogens is 4. The minimum atomic E-state index is -0.0158. The van der Waals surface area contributed by atoms with Crippen molar-refractivity contribution in [1.29, 1.82) is 0 Å². The van der Waals surface area contributed by atoms with Crippen molar-refractivity contribution in [3.05, 3.63) is 36.4 Å². The van der Waals surface area contributed by atoms with Gasteiger partial charge in [-0.15, -0.1) is 0 Å². The van der Waals surface area contributed by atoms with E-state index in [0.717, 1.165) is 24.4 Å². The van der Waals surface area contributed by atoms with E-state index in [-0.39, 0.29) is 6.04 Å². The van der Waals surface area contributed by atoms with Gasteiger partial charge in [-0.1, -0.05) is 0 Å². The zero-order chi connectivity index (χ0) is 11.5. The Morgan fingerprint density at radius 1 is 1.38 bits per heavy atom. The van der Waals surface area contributed by atoms with Crippen molar-refractivity contribution >= 4 is 0 Å². The van der Waals surface area contributed by atoms with E-state index in [9.17, 15) is 0 Å². The van der Waals surface area contributed by atoms with Crippen molar-refractivity contribution in [2.45, 2.75) is 18.9 Å². The molecule has 2 aromatic heterocycles. The first kappa shape index (κ1) is 10.9. The first-order valence-electron chi connectivity index (χ1n) is 5.36. The fraction of sp³-hybridized carbons (Fsp3) is 0.455. The Morgan fingerprint density at radius 3 is 2.75 bits per heavy atom. The van der Waals surface area contributed by atoms with Gasteiger partial charge in [0, 0.05) is 45.1 Å². The molecule has 1 unspecified atom stereocenters. The monoisotopic (exact) mass is 219 g/mol. The Bertz CT molecular complexity index is 456. The van der Waals surface area contributed by atoms with E-state index in [0.29, 0.717) is 0 Å². The Hall–Kier alpha value is -1.62. The topological polar surface area (TPSA) is 61.7 Å². The highest BCUT2D eigenvalue weighted by Gasteiger charge is 2.10. The number of hydrogen-bond acceptors (Lipinski definition) is 3. The van der Waals surface area contributed by atoms with Crippen LogP contribution in [0.25, 0.3) is 0 Å². The largest absolute Gasteiger partial charge is 0.340 e. The molecule has 0 spiro atoms. The average Bonchev–Trinajstić information content (AvgIpc) is 2.84. The maximum Gasteiger partial charge on any atom is 0.108 e. The maximum atomic E-state index is 6.06. The van der Waals surface area contributed by atoms with Crippen LogP contribution in [0.4, 0.5) is 0 Å². The summed E-state index contributed by atoms with van der Waals surface area (Å²) in [5.41, 5.74) is 7.00. The molecule has 0 aromatic carbocycles. The lowest BCUT2D eigenvalue weighted by Gasteiger charge is -2.08. The molecule has 2 heterocycles. The zero-order valence-electron chi connectivity index (χ0n) is 9.67. The molecule has 2 N–H and O–H groups in total. The van der Waals surface area contributed by atoms with Crippen LogP contribution in [0.15, 0.2) is 24.9 Å². The Morgan fingerprint density at radius 2 is 2.19 bits per heavy atom. The quantitative estimate of drug-likeness (QED) is 0.826. The van der Waals surface area contributed by atoms with Crippen LogP contribution < -0.4 is 5.73 Å². The van der Waals surface area contributed by atoms with Crippen LogP contribution in [-0.4, -0.2) is 19.1 Å². The van der Waals surface area contributed by atoms with Crippen LogP contribution in [0.1, 0.15) is 24.0 Å². The predicted molar refractivity (Wildman–Crippen MR) is 61.7 cm³/mol. The number of rotatable bonds is 4. The molecule has 0 aliphatic carbocycles. The summed E-state index contributed by atoms with van der Waals surface area (Å²) in [5, 5.41) is 0. The summed E-state index contributed by atoms with van der Waals surface area (Å²) in [7, 11) is 3.94. The van der Waals surface area contributed by atoms with Gasteiger partial charge in [-0.25, -0.2) is 9.97 Å². The minimum Gasteiger partial charge on any atom is -0.340 e. The van der Waals surface area contributed by atoms with Crippen LogP contribution in [0, 0.1) is 0 Å². The first-order valence-corrected chi connectivity index (χ1v) is 5.36. The van der Waals surface area contributed by atoms with Gasteiger partial charge in [-0.3, -0.25) is 0 Å². The second-order valence-corrected chi connectivity index (χ2v) is 4.06. The van der Waals surface area contributed by atoms with Gasteiger partial charge < -0.3 is 14.9 Å². The average molecular weight is 219 g/mol. The van der Waals surface area contributed by atoms with Crippen molar-refractivity contribution in [3.63, 3.8) is 0 Å². The first-order chi connectivity index (χ1) is 7.66. The maximum absolute atomic E-state index is 6.06. The fourth-order valence-corrected chi connectivity index (χ4v) is 1.69. The van der Waals surface area contributed by atoms with Crippen LogP contribution >= 0.6 is 0 Å². The van der Waals surface area contributed by atoms with Crippen LogP contribution in [-0.2, 0) is 20.5 Å². The van der Waals surface area contributed by atoms with Crippen molar-refractivity contribution in [1.82, 2.24) is 19.1 Å². The molecule has 0 radical (unpaired) electrons. The van der Waals surface area contributed by atoms with Crippen molar-refractivity contribution in [2.24, 2.45) is 19.8 Å². The molecule has 2 rings (SSSR count). The fourth-order valence-electron chi connectivity index (χ4n) is 1.69. The summed E-state index contributed by atoms with van der Waals surface area (Å²) in [4.78, 5) is 8.52. The van der Waals surface area contributed by atoms with Gasteiger partial charge in [0.2, 0.25) is 0 Å². The van der Waals surface area contributed by atoms with E-state index in [4.69, 9.17) is 5.73 Å². The normalized spacial score (nSPS) is 12.9. The molecule has 2 aromatic rings. The summed E-state index contributed by atoms with van der Waals surface area (Å²) in [6.07, 6.45) is 9.23. The summed E-state index contributed by atoms with van der Waals surface area (Å²) >= 11 is 0. The molecule has 5 nitrogen and oxygen atoms in total. The standard InChI is InChI=1S/C11H17N5/c1-15-7-10(14-8-15)9(12)3-4-11-13-5-6-16(11)2/h5-9H,3-4,12H2,1-2H3. The third-order valence-electron chi connectivity index (χ3n) is 2.70. The number of imidazole rings is 2. The van der Waals surface area contributed by atoms with Crippen LogP contribution in [0.5, 0.6) is 0 Å². The number of nitrogens with two attached hydrogens (primary N) is 1. The van der Waals surface area contributed by atoms with E-state index < -0.39 is 0 Å². The van der Waals surface area contributed by atoms with Crippen molar-refractivity contribution in [2.75, 3.05) is 0 Å². The Labute approximate surface area is 94.9 Å². The minimum absolute atomic E-state index is 0.0158. The zero-order valence-corrected chi connectivity index (χ0v) is 9.67. The van der Waals surface area contributed by atoms with Gasteiger partial charge in [0.25, 0.3) is 0 Å². The molecule has 16 heavy (non-hydrogen) atoms. The molecule has 0 saturated carbocycles. The lowest BCUT2D eigenvalue weighted by atomic mass is 10.1. The smallest absolute Gasteiger partial charge is 0.108 e. The number of nitrogens with zero attached hydrogens (tertiary/aromatic N) is 4. The molecular weight excluding hydrogens is 202 g/mol. The molecule has 0 saturated heterocycles. The van der Waals surface area contributed by atoms with Gasteiger partial charge in [-0.05, 0) is 6.42 Å². The van der Waals surface area contributed by atoms with Gasteiger partial charge in [0.1, 0.15) is 5.82 Å². The van der Waals surface area contributed by atoms with E-state index >= 15 is 0 Å². The van der Waals surface area contributed by atoms with Gasteiger partial charge in [0.05, 0.1) is 12.0 Å². The van der Waals surface area contributed by atoms with Crippen LogP contribution in [0.3, 0.4) is 0 Å². The van der Waals surface area contributed by atoms with E-state index in [1.807, 2.05) is 41.8 Å². The second-order valence-electron chi connectivity index (χ2n) is 4.06. The highest BCUT2D eigenvalue weighted by molar-refractivity contribution is 5.03. The van der Waals surface area contributed by atoms with E-state index in [1.165, 1.54) is 0 Å². The molecule has 0 fully saturated rings. The number of hydrogen-bond donors (Lipinski definition) is 1. The molecular formula is C11H17N5. The van der Waals surface area contributed by atoms with Gasteiger partial charge >= 0.3 is 0 Å². The Kier molecular flexibility index (Phi) is 3.05.